The van der Waals surface area contributed by atoms with E-state index in [4.69, 9.17) is 11.6 Å². The number of nitrogens with one attached hydrogen (secondary N) is 1. The van der Waals surface area contributed by atoms with Gasteiger partial charge >= 0.3 is 0 Å². The van der Waals surface area contributed by atoms with Crippen molar-refractivity contribution in [3.8, 4) is 0 Å². The normalized spacial score (nSPS) is 15.9. The monoisotopic (exact) mass is 385 g/mol. The largest absolute Gasteiger partial charge is 0.306 e. The average molecular weight is 386 g/mol. The van der Waals surface area contributed by atoms with Gasteiger partial charge in [0, 0.05) is 5.56 Å². The van der Waals surface area contributed by atoms with Crippen molar-refractivity contribution in [1.29, 1.82) is 0 Å². The fraction of sp³-hybridized carbons (Fsp3) is 0.375. The summed E-state index contributed by atoms with van der Waals surface area (Å²) in [4.78, 5) is 12.6. The highest BCUT2D eigenvalue weighted by Crippen LogP contribution is 2.35. The second kappa shape index (κ2) is 5.81. The van der Waals surface area contributed by atoms with Crippen molar-refractivity contribution < 1.29 is 17.6 Å². The number of aromatic nitrogens is 2. The van der Waals surface area contributed by atoms with Gasteiger partial charge in [-0.2, -0.15) is 5.10 Å². The molecule has 1 aromatic heterocycles. The van der Waals surface area contributed by atoms with Crippen LogP contribution in [0.2, 0.25) is 5.02 Å². The predicted molar refractivity (Wildman–Crippen MR) is 92.9 cm³/mol. The third kappa shape index (κ3) is 3.28. The van der Waals surface area contributed by atoms with Crippen molar-refractivity contribution in [2.75, 3.05) is 5.32 Å². The molecular weight excluding hydrogens is 369 g/mol. The molecule has 134 valence electrons. The third-order valence-corrected chi connectivity index (χ3v) is 5.60. The lowest BCUT2D eigenvalue weighted by molar-refractivity contribution is 0.102. The van der Waals surface area contributed by atoms with E-state index >= 15 is 0 Å². The highest BCUT2D eigenvalue weighted by Gasteiger charge is 2.35. The molecular formula is C16H17ClFN3O3S. The minimum atomic E-state index is -3.29. The predicted octanol–water partition coefficient (Wildman–Crippen LogP) is 3.11. The Morgan fingerprint density at radius 2 is 2.00 bits per heavy atom. The molecule has 0 spiro atoms. The molecule has 0 bridgehead atoms. The second-order valence-corrected chi connectivity index (χ2v) is 9.41. The van der Waals surface area contributed by atoms with Gasteiger partial charge in [-0.1, -0.05) is 17.7 Å². The molecule has 0 atom stereocenters. The van der Waals surface area contributed by atoms with Gasteiger partial charge in [-0.15, -0.1) is 0 Å². The maximum Gasteiger partial charge on any atom is 0.261 e. The van der Waals surface area contributed by atoms with E-state index in [9.17, 15) is 17.6 Å². The molecule has 1 aromatic carbocycles. The number of hydrogen-bond acceptors (Lipinski definition) is 4. The summed E-state index contributed by atoms with van der Waals surface area (Å²) in [6.45, 7) is 5.61. The van der Waals surface area contributed by atoms with E-state index in [1.165, 1.54) is 12.1 Å². The van der Waals surface area contributed by atoms with Crippen LogP contribution in [0.1, 0.15) is 42.4 Å². The Kier molecular flexibility index (Phi) is 4.15. The van der Waals surface area contributed by atoms with Crippen molar-refractivity contribution in [3.05, 3.63) is 45.9 Å². The van der Waals surface area contributed by atoms with E-state index in [0.717, 1.165) is 6.07 Å². The van der Waals surface area contributed by atoms with Crippen LogP contribution < -0.4 is 5.32 Å². The Morgan fingerprint density at radius 3 is 2.60 bits per heavy atom. The van der Waals surface area contributed by atoms with Crippen LogP contribution in [0.15, 0.2) is 18.2 Å². The number of hydrogen-bond donors (Lipinski definition) is 1. The van der Waals surface area contributed by atoms with Gasteiger partial charge in [0.15, 0.2) is 9.84 Å². The van der Waals surface area contributed by atoms with Gasteiger partial charge in [-0.3, -0.25) is 4.79 Å². The number of anilines is 1. The zero-order valence-electron chi connectivity index (χ0n) is 13.9. The van der Waals surface area contributed by atoms with Crippen molar-refractivity contribution in [2.24, 2.45) is 0 Å². The van der Waals surface area contributed by atoms with Crippen LogP contribution >= 0.6 is 11.6 Å². The smallest absolute Gasteiger partial charge is 0.261 e. The average Bonchev–Trinajstić information content (AvgIpc) is 2.91. The summed E-state index contributed by atoms with van der Waals surface area (Å²) in [5.41, 5.74) is 0.0523. The summed E-state index contributed by atoms with van der Waals surface area (Å²) >= 11 is 5.94. The van der Waals surface area contributed by atoms with Gasteiger partial charge in [-0.25, -0.2) is 17.5 Å². The number of sulfone groups is 1. The number of carbonyl (C=O) groups is 1. The first-order valence-electron chi connectivity index (χ1n) is 7.56. The molecule has 1 aliphatic rings. The lowest BCUT2D eigenvalue weighted by atomic mass is 10.1. The maximum atomic E-state index is 14.0. The summed E-state index contributed by atoms with van der Waals surface area (Å²) in [7, 11) is -3.29. The van der Waals surface area contributed by atoms with E-state index in [-0.39, 0.29) is 27.9 Å². The first-order chi connectivity index (χ1) is 11.5. The summed E-state index contributed by atoms with van der Waals surface area (Å²) in [6, 6.07) is 3.95. The van der Waals surface area contributed by atoms with Crippen molar-refractivity contribution >= 4 is 33.2 Å². The molecule has 2 aromatic rings. The van der Waals surface area contributed by atoms with Gasteiger partial charge in [0.2, 0.25) is 0 Å². The summed E-state index contributed by atoms with van der Waals surface area (Å²) in [6.07, 6.45) is 0. The zero-order valence-corrected chi connectivity index (χ0v) is 15.5. The minimum absolute atomic E-state index is 0.0245. The second-order valence-electron chi connectivity index (χ2n) is 6.94. The lowest BCUT2D eigenvalue weighted by Crippen LogP contribution is -2.28. The molecule has 0 radical (unpaired) electrons. The Bertz CT molecular complexity index is 957. The number of nitrogens with zero attached hydrogens (tertiary/aromatic N) is 2. The van der Waals surface area contributed by atoms with Crippen LogP contribution in [0.4, 0.5) is 10.2 Å². The van der Waals surface area contributed by atoms with Gasteiger partial charge in [-0.05, 0) is 32.9 Å². The summed E-state index contributed by atoms with van der Waals surface area (Å²) < 4.78 is 39.3. The van der Waals surface area contributed by atoms with E-state index in [1.807, 2.05) is 20.8 Å². The van der Waals surface area contributed by atoms with Gasteiger partial charge in [0.1, 0.15) is 11.6 Å². The number of rotatable bonds is 2. The number of carbonyl (C=O) groups excluding carboxylic acids is 1. The number of halogens is 2. The van der Waals surface area contributed by atoms with Crippen LogP contribution in [0.3, 0.4) is 0 Å². The van der Waals surface area contributed by atoms with Crippen LogP contribution in [0.25, 0.3) is 0 Å². The molecule has 0 saturated carbocycles. The van der Waals surface area contributed by atoms with Crippen molar-refractivity contribution in [3.63, 3.8) is 0 Å². The van der Waals surface area contributed by atoms with Gasteiger partial charge < -0.3 is 5.32 Å². The fourth-order valence-electron chi connectivity index (χ4n) is 2.74. The van der Waals surface area contributed by atoms with Crippen LogP contribution in [-0.4, -0.2) is 24.1 Å². The highest BCUT2D eigenvalue weighted by atomic mass is 35.5. The minimum Gasteiger partial charge on any atom is -0.306 e. The van der Waals surface area contributed by atoms with E-state index in [2.05, 4.69) is 10.4 Å². The number of fused-ring (bicyclic) bond motifs is 1. The van der Waals surface area contributed by atoms with E-state index in [0.29, 0.717) is 11.3 Å². The molecule has 2 heterocycles. The third-order valence-electron chi connectivity index (χ3n) is 3.84. The molecule has 1 aliphatic heterocycles. The number of benzene rings is 1. The molecule has 0 saturated heterocycles. The van der Waals surface area contributed by atoms with Crippen LogP contribution in [-0.2, 0) is 26.9 Å². The zero-order chi connectivity index (χ0) is 18.6. The van der Waals surface area contributed by atoms with Gasteiger partial charge in [0.25, 0.3) is 5.91 Å². The standard InChI is InChI=1S/C16H17ClFN3O3S/c1-16(2,3)21-14(9-7-25(23,24)8-12(9)20-21)19-15(22)13-10(17)5-4-6-11(13)18/h4-6H,7-8H2,1-3H3,(H,19,22). The van der Waals surface area contributed by atoms with Crippen molar-refractivity contribution in [2.45, 2.75) is 37.8 Å². The Morgan fingerprint density at radius 1 is 1.32 bits per heavy atom. The van der Waals surface area contributed by atoms with Gasteiger partial charge in [0.05, 0.1) is 33.3 Å². The molecule has 1 N–H and O–H groups in total. The van der Waals surface area contributed by atoms with E-state index < -0.39 is 27.1 Å². The molecule has 9 heteroatoms. The molecule has 25 heavy (non-hydrogen) atoms. The molecule has 1 amide bonds. The lowest BCUT2D eigenvalue weighted by Gasteiger charge is -2.23. The number of amides is 1. The quantitative estimate of drug-likeness (QED) is 0.861. The van der Waals surface area contributed by atoms with Crippen LogP contribution in [0, 0.1) is 5.82 Å². The SMILES string of the molecule is CC(C)(C)n1nc2c(c1NC(=O)c1c(F)cccc1Cl)CS(=O)(=O)C2. The fourth-order valence-corrected chi connectivity index (χ4v) is 4.48. The topological polar surface area (TPSA) is 81.1 Å². The summed E-state index contributed by atoms with van der Waals surface area (Å²) in [5, 5.41) is 6.93. The first-order valence-corrected chi connectivity index (χ1v) is 9.76. The first kappa shape index (κ1) is 17.9. The molecule has 6 nitrogen and oxygen atoms in total. The molecule has 0 fully saturated rings. The maximum absolute atomic E-state index is 14.0. The summed E-state index contributed by atoms with van der Waals surface area (Å²) in [5.74, 6) is -1.63. The molecule has 3 rings (SSSR count). The van der Waals surface area contributed by atoms with Crippen LogP contribution in [0.5, 0.6) is 0 Å². The Hall–Kier alpha value is -1.93. The Labute approximate surface area is 149 Å². The van der Waals surface area contributed by atoms with E-state index in [1.54, 1.807) is 4.68 Å². The molecule has 0 unspecified atom stereocenters. The highest BCUT2D eigenvalue weighted by molar-refractivity contribution is 7.90. The Balaban J connectivity index is 2.07. The van der Waals surface area contributed by atoms with Crippen molar-refractivity contribution in [1.82, 2.24) is 9.78 Å². The molecule has 0 aliphatic carbocycles.